The van der Waals surface area contributed by atoms with Crippen molar-refractivity contribution in [2.75, 3.05) is 10.6 Å². The van der Waals surface area contributed by atoms with Gasteiger partial charge in [-0.25, -0.2) is 0 Å². The van der Waals surface area contributed by atoms with E-state index in [0.717, 1.165) is 22.4 Å². The molecule has 3 aromatic rings. The smallest absolute Gasteiger partial charge is 0.255 e. The number of nitriles is 1. The Balaban J connectivity index is 1.81. The molecule has 5 nitrogen and oxygen atoms in total. The lowest BCUT2D eigenvalue weighted by Gasteiger charge is -2.13. The highest BCUT2D eigenvalue weighted by Gasteiger charge is 2.11. The van der Waals surface area contributed by atoms with E-state index < -0.39 is 0 Å². The van der Waals surface area contributed by atoms with Gasteiger partial charge in [0.1, 0.15) is 0 Å². The summed E-state index contributed by atoms with van der Waals surface area (Å²) in [6, 6.07) is 21.9. The quantitative estimate of drug-likeness (QED) is 0.696. The molecule has 0 fully saturated rings. The number of rotatable bonds is 4. The molecule has 0 spiro atoms. The van der Waals surface area contributed by atoms with Crippen molar-refractivity contribution in [2.45, 2.75) is 13.8 Å². The highest BCUT2D eigenvalue weighted by molar-refractivity contribution is 6.05. The fourth-order valence-electron chi connectivity index (χ4n) is 2.91. The van der Waals surface area contributed by atoms with Gasteiger partial charge in [-0.05, 0) is 66.1 Å². The molecule has 2 amide bonds. The molecule has 0 aromatic heterocycles. The van der Waals surface area contributed by atoms with Gasteiger partial charge in [-0.3, -0.25) is 9.59 Å². The first-order valence-electron chi connectivity index (χ1n) is 8.77. The highest BCUT2D eigenvalue weighted by atomic mass is 16.2. The summed E-state index contributed by atoms with van der Waals surface area (Å²) >= 11 is 0. The van der Waals surface area contributed by atoms with E-state index in [9.17, 15) is 9.59 Å². The number of nitrogens with one attached hydrogen (secondary N) is 2. The van der Waals surface area contributed by atoms with Gasteiger partial charge in [0.05, 0.1) is 11.6 Å². The van der Waals surface area contributed by atoms with Gasteiger partial charge >= 0.3 is 0 Å². The summed E-state index contributed by atoms with van der Waals surface area (Å²) in [5.74, 6) is -0.387. The number of hydrogen-bond donors (Lipinski definition) is 2. The van der Waals surface area contributed by atoms with E-state index in [4.69, 9.17) is 5.26 Å². The molecule has 5 heteroatoms. The SMILES string of the molecule is CC(=O)Nc1ccc(C(=O)Nc2cccc(-c3ccc(C#N)cc3)c2C)cc1. The van der Waals surface area contributed by atoms with Crippen molar-refractivity contribution in [2.24, 2.45) is 0 Å². The van der Waals surface area contributed by atoms with Gasteiger partial charge in [0.15, 0.2) is 0 Å². The number of carbonyl (C=O) groups excluding carboxylic acids is 2. The largest absolute Gasteiger partial charge is 0.326 e. The van der Waals surface area contributed by atoms with Crippen LogP contribution in [0.3, 0.4) is 0 Å². The van der Waals surface area contributed by atoms with Crippen LogP contribution in [-0.2, 0) is 4.79 Å². The molecule has 0 aliphatic carbocycles. The summed E-state index contributed by atoms with van der Waals surface area (Å²) in [7, 11) is 0. The first-order chi connectivity index (χ1) is 13.5. The maximum atomic E-state index is 12.6. The van der Waals surface area contributed by atoms with Crippen LogP contribution in [0.5, 0.6) is 0 Å². The number of hydrogen-bond acceptors (Lipinski definition) is 3. The van der Waals surface area contributed by atoms with Crippen LogP contribution in [0.25, 0.3) is 11.1 Å². The summed E-state index contributed by atoms with van der Waals surface area (Å²) in [6.07, 6.45) is 0. The molecule has 3 rings (SSSR count). The lowest BCUT2D eigenvalue weighted by Crippen LogP contribution is -2.13. The van der Waals surface area contributed by atoms with Crippen LogP contribution in [-0.4, -0.2) is 11.8 Å². The lowest BCUT2D eigenvalue weighted by atomic mass is 9.98. The van der Waals surface area contributed by atoms with E-state index in [1.165, 1.54) is 6.92 Å². The zero-order valence-electron chi connectivity index (χ0n) is 15.6. The zero-order chi connectivity index (χ0) is 20.1. The first kappa shape index (κ1) is 18.9. The van der Waals surface area contributed by atoms with Crippen molar-refractivity contribution in [3.8, 4) is 17.2 Å². The van der Waals surface area contributed by atoms with E-state index in [0.29, 0.717) is 16.8 Å². The Morgan fingerprint density at radius 1 is 0.893 bits per heavy atom. The predicted molar refractivity (Wildman–Crippen MR) is 110 cm³/mol. The van der Waals surface area contributed by atoms with Gasteiger partial charge in [0.25, 0.3) is 5.91 Å². The minimum Gasteiger partial charge on any atom is -0.326 e. The van der Waals surface area contributed by atoms with Crippen LogP contribution in [0, 0.1) is 18.3 Å². The van der Waals surface area contributed by atoms with Crippen molar-refractivity contribution in [1.82, 2.24) is 0 Å². The summed E-state index contributed by atoms with van der Waals surface area (Å²) in [4.78, 5) is 23.7. The molecule has 138 valence electrons. The van der Waals surface area contributed by atoms with Crippen molar-refractivity contribution in [3.05, 3.63) is 83.4 Å². The predicted octanol–water partition coefficient (Wildman–Crippen LogP) is 4.74. The molecule has 0 bridgehead atoms. The molecule has 0 unspecified atom stereocenters. The third-order valence-corrected chi connectivity index (χ3v) is 4.37. The molecule has 2 N–H and O–H groups in total. The fourth-order valence-corrected chi connectivity index (χ4v) is 2.91. The number of anilines is 2. The Hall–Kier alpha value is -3.91. The van der Waals surface area contributed by atoms with Crippen molar-refractivity contribution in [1.29, 1.82) is 5.26 Å². The van der Waals surface area contributed by atoms with E-state index in [1.807, 2.05) is 37.3 Å². The Morgan fingerprint density at radius 3 is 2.18 bits per heavy atom. The molecule has 3 aromatic carbocycles. The Morgan fingerprint density at radius 2 is 1.57 bits per heavy atom. The van der Waals surface area contributed by atoms with Gasteiger partial charge in [0, 0.05) is 23.9 Å². The maximum Gasteiger partial charge on any atom is 0.255 e. The number of benzene rings is 3. The van der Waals surface area contributed by atoms with E-state index in [2.05, 4.69) is 16.7 Å². The van der Waals surface area contributed by atoms with Gasteiger partial charge in [0.2, 0.25) is 5.91 Å². The van der Waals surface area contributed by atoms with Crippen LogP contribution in [0.4, 0.5) is 11.4 Å². The molecule has 0 saturated carbocycles. The van der Waals surface area contributed by atoms with Crippen molar-refractivity contribution >= 4 is 23.2 Å². The monoisotopic (exact) mass is 369 g/mol. The average Bonchev–Trinajstić information content (AvgIpc) is 2.70. The summed E-state index contributed by atoms with van der Waals surface area (Å²) in [5.41, 5.74) is 5.37. The van der Waals surface area contributed by atoms with Gasteiger partial charge in [-0.15, -0.1) is 0 Å². The number of amides is 2. The van der Waals surface area contributed by atoms with Crippen LogP contribution in [0.1, 0.15) is 28.4 Å². The molecule has 0 saturated heterocycles. The van der Waals surface area contributed by atoms with E-state index >= 15 is 0 Å². The highest BCUT2D eigenvalue weighted by Crippen LogP contribution is 2.29. The average molecular weight is 369 g/mol. The molecule has 0 heterocycles. The third-order valence-electron chi connectivity index (χ3n) is 4.37. The van der Waals surface area contributed by atoms with E-state index in [1.54, 1.807) is 36.4 Å². The van der Waals surface area contributed by atoms with Crippen LogP contribution in [0.2, 0.25) is 0 Å². The Kier molecular flexibility index (Phi) is 5.52. The maximum absolute atomic E-state index is 12.6. The molecule has 28 heavy (non-hydrogen) atoms. The third kappa shape index (κ3) is 4.25. The number of nitrogens with zero attached hydrogens (tertiary/aromatic N) is 1. The minimum absolute atomic E-state index is 0.160. The van der Waals surface area contributed by atoms with Crippen LogP contribution in [0.15, 0.2) is 66.7 Å². The Bertz CT molecular complexity index is 1060. The molecular formula is C23H19N3O2. The minimum atomic E-state index is -0.227. The van der Waals surface area contributed by atoms with Gasteiger partial charge < -0.3 is 10.6 Å². The molecule has 0 atom stereocenters. The number of carbonyl (C=O) groups is 2. The second kappa shape index (κ2) is 8.19. The van der Waals surface area contributed by atoms with E-state index in [-0.39, 0.29) is 11.8 Å². The molecule has 0 aliphatic heterocycles. The van der Waals surface area contributed by atoms with Crippen molar-refractivity contribution < 1.29 is 9.59 Å². The Labute approximate surface area is 163 Å². The normalized spacial score (nSPS) is 10.0. The van der Waals surface area contributed by atoms with Gasteiger partial charge in [-0.2, -0.15) is 5.26 Å². The topological polar surface area (TPSA) is 82.0 Å². The second-order valence-electron chi connectivity index (χ2n) is 6.38. The standard InChI is InChI=1S/C23H19N3O2/c1-15-21(18-8-6-17(14-24)7-9-18)4-3-5-22(15)26-23(28)19-10-12-20(13-11-19)25-16(2)27/h3-13H,1-2H3,(H,25,27)(H,26,28). The summed E-state index contributed by atoms with van der Waals surface area (Å²) in [6.45, 7) is 3.38. The lowest BCUT2D eigenvalue weighted by molar-refractivity contribution is -0.114. The van der Waals surface area contributed by atoms with Crippen molar-refractivity contribution in [3.63, 3.8) is 0 Å². The van der Waals surface area contributed by atoms with Crippen LogP contribution >= 0.6 is 0 Å². The van der Waals surface area contributed by atoms with Crippen LogP contribution < -0.4 is 10.6 Å². The first-order valence-corrected chi connectivity index (χ1v) is 8.77. The molecule has 0 aliphatic rings. The molecule has 0 radical (unpaired) electrons. The fraction of sp³-hybridized carbons (Fsp3) is 0.0870. The summed E-state index contributed by atoms with van der Waals surface area (Å²) in [5, 5.41) is 14.6. The summed E-state index contributed by atoms with van der Waals surface area (Å²) < 4.78 is 0. The molecular weight excluding hydrogens is 350 g/mol. The zero-order valence-corrected chi connectivity index (χ0v) is 15.6. The van der Waals surface area contributed by atoms with Gasteiger partial charge in [-0.1, -0.05) is 24.3 Å². The second-order valence-corrected chi connectivity index (χ2v) is 6.38.